The lowest BCUT2D eigenvalue weighted by Gasteiger charge is -2.36. The summed E-state index contributed by atoms with van der Waals surface area (Å²) >= 11 is 3.47. The number of nitrogen functional groups attached to an aromatic ring is 1. The molecule has 5 heteroatoms. The van der Waals surface area contributed by atoms with Crippen LogP contribution in [0.15, 0.2) is 47.2 Å². The fourth-order valence-electron chi connectivity index (χ4n) is 2.68. The van der Waals surface area contributed by atoms with Crippen LogP contribution in [0.5, 0.6) is 0 Å². The van der Waals surface area contributed by atoms with E-state index in [0.29, 0.717) is 0 Å². The Hall–Kier alpha value is -1.59. The Morgan fingerprint density at radius 1 is 1.05 bits per heavy atom. The summed E-state index contributed by atoms with van der Waals surface area (Å²) in [5.41, 5.74) is 9.23. The minimum absolute atomic E-state index is 0.763. The molecule has 1 aromatic carbocycles. The fraction of sp³-hybridized carbons (Fsp3) is 0.312. The van der Waals surface area contributed by atoms with Crippen LogP contribution in [0.3, 0.4) is 0 Å². The molecule has 2 N–H and O–H groups in total. The van der Waals surface area contributed by atoms with Crippen LogP contribution in [0.4, 0.5) is 11.4 Å². The van der Waals surface area contributed by atoms with E-state index >= 15 is 0 Å². The van der Waals surface area contributed by atoms with Gasteiger partial charge in [0.15, 0.2) is 0 Å². The number of piperazine rings is 1. The summed E-state index contributed by atoms with van der Waals surface area (Å²) in [6, 6.07) is 10.6. The number of halogens is 1. The highest BCUT2D eigenvalue weighted by atomic mass is 79.9. The van der Waals surface area contributed by atoms with Crippen LogP contribution in [0.25, 0.3) is 0 Å². The predicted octanol–water partition coefficient (Wildman–Crippen LogP) is 2.75. The summed E-state index contributed by atoms with van der Waals surface area (Å²) in [6.45, 7) is 5.12. The van der Waals surface area contributed by atoms with E-state index in [1.54, 1.807) is 12.4 Å². The van der Waals surface area contributed by atoms with Gasteiger partial charge >= 0.3 is 0 Å². The second kappa shape index (κ2) is 6.45. The quantitative estimate of drug-likeness (QED) is 0.928. The van der Waals surface area contributed by atoms with Crippen molar-refractivity contribution in [2.45, 2.75) is 6.54 Å². The topological polar surface area (TPSA) is 45.4 Å². The number of hydrogen-bond acceptors (Lipinski definition) is 4. The average molecular weight is 347 g/mol. The fourth-order valence-corrected chi connectivity index (χ4v) is 2.95. The molecule has 3 rings (SSSR count). The van der Waals surface area contributed by atoms with Crippen LogP contribution >= 0.6 is 15.9 Å². The Morgan fingerprint density at radius 2 is 1.76 bits per heavy atom. The van der Waals surface area contributed by atoms with Crippen LogP contribution in [0.1, 0.15) is 5.56 Å². The molecule has 1 saturated heterocycles. The largest absolute Gasteiger partial charge is 0.396 e. The van der Waals surface area contributed by atoms with Gasteiger partial charge in [-0.15, -0.1) is 0 Å². The Bertz CT molecular complexity index is 591. The third-order valence-electron chi connectivity index (χ3n) is 3.86. The van der Waals surface area contributed by atoms with E-state index in [1.165, 1.54) is 5.56 Å². The molecule has 0 unspecified atom stereocenters. The Labute approximate surface area is 133 Å². The van der Waals surface area contributed by atoms with Gasteiger partial charge in [0.2, 0.25) is 0 Å². The maximum absolute atomic E-state index is 6.00. The van der Waals surface area contributed by atoms with Crippen molar-refractivity contribution < 1.29 is 0 Å². The van der Waals surface area contributed by atoms with Crippen LogP contribution in [-0.2, 0) is 6.54 Å². The van der Waals surface area contributed by atoms with Crippen LogP contribution in [0, 0.1) is 0 Å². The smallest absolute Gasteiger partial charge is 0.0738 e. The average Bonchev–Trinajstić information content (AvgIpc) is 2.51. The highest BCUT2D eigenvalue weighted by Gasteiger charge is 2.18. The number of pyridine rings is 1. The van der Waals surface area contributed by atoms with E-state index in [9.17, 15) is 0 Å². The summed E-state index contributed by atoms with van der Waals surface area (Å²) in [5.74, 6) is 0. The lowest BCUT2D eigenvalue weighted by Crippen LogP contribution is -2.46. The highest BCUT2D eigenvalue weighted by molar-refractivity contribution is 9.10. The van der Waals surface area contributed by atoms with Crippen LogP contribution < -0.4 is 10.6 Å². The van der Waals surface area contributed by atoms with E-state index in [1.807, 2.05) is 6.07 Å². The summed E-state index contributed by atoms with van der Waals surface area (Å²) < 4.78 is 1.13. The summed E-state index contributed by atoms with van der Waals surface area (Å²) in [7, 11) is 0. The zero-order valence-corrected chi connectivity index (χ0v) is 13.5. The number of aromatic nitrogens is 1. The highest BCUT2D eigenvalue weighted by Crippen LogP contribution is 2.23. The number of nitrogens with two attached hydrogens (primary N) is 1. The van der Waals surface area contributed by atoms with Gasteiger partial charge < -0.3 is 10.6 Å². The van der Waals surface area contributed by atoms with E-state index in [2.05, 4.69) is 55.0 Å². The van der Waals surface area contributed by atoms with Crippen molar-refractivity contribution in [3.8, 4) is 0 Å². The number of nitrogens with zero attached hydrogens (tertiary/aromatic N) is 3. The second-order valence-corrected chi connectivity index (χ2v) is 6.24. The van der Waals surface area contributed by atoms with Gasteiger partial charge in [0, 0.05) is 43.4 Å². The molecule has 0 aliphatic carbocycles. The van der Waals surface area contributed by atoms with E-state index in [-0.39, 0.29) is 0 Å². The van der Waals surface area contributed by atoms with Crippen molar-refractivity contribution in [1.29, 1.82) is 0 Å². The molecule has 0 saturated carbocycles. The van der Waals surface area contributed by atoms with Gasteiger partial charge in [0.05, 0.1) is 17.6 Å². The van der Waals surface area contributed by atoms with E-state index in [0.717, 1.165) is 48.6 Å². The number of anilines is 2. The molecule has 2 heterocycles. The first kappa shape index (κ1) is 14.4. The lowest BCUT2D eigenvalue weighted by molar-refractivity contribution is 0.250. The first-order chi connectivity index (χ1) is 10.2. The summed E-state index contributed by atoms with van der Waals surface area (Å²) in [5, 5.41) is 0. The van der Waals surface area contributed by atoms with Crippen molar-refractivity contribution in [1.82, 2.24) is 9.88 Å². The molecular weight excluding hydrogens is 328 g/mol. The Balaban J connectivity index is 1.58. The van der Waals surface area contributed by atoms with Crippen LogP contribution in [-0.4, -0.2) is 36.1 Å². The molecule has 0 spiro atoms. The monoisotopic (exact) mass is 346 g/mol. The van der Waals surface area contributed by atoms with Gasteiger partial charge in [-0.1, -0.05) is 28.1 Å². The van der Waals surface area contributed by atoms with Gasteiger partial charge in [0.1, 0.15) is 0 Å². The molecule has 0 radical (unpaired) electrons. The normalized spacial score (nSPS) is 16.1. The zero-order chi connectivity index (χ0) is 14.7. The molecule has 110 valence electrons. The third kappa shape index (κ3) is 3.54. The van der Waals surface area contributed by atoms with Crippen molar-refractivity contribution in [2.24, 2.45) is 0 Å². The lowest BCUT2D eigenvalue weighted by atomic mass is 10.2. The minimum atomic E-state index is 0.763. The minimum Gasteiger partial charge on any atom is -0.396 e. The summed E-state index contributed by atoms with van der Waals surface area (Å²) in [6.07, 6.45) is 3.53. The molecule has 1 aliphatic rings. The molecule has 2 aromatic rings. The van der Waals surface area contributed by atoms with Crippen molar-refractivity contribution in [3.63, 3.8) is 0 Å². The second-order valence-electron chi connectivity index (χ2n) is 5.32. The third-order valence-corrected chi connectivity index (χ3v) is 4.39. The van der Waals surface area contributed by atoms with Crippen molar-refractivity contribution >= 4 is 27.3 Å². The van der Waals surface area contributed by atoms with Crippen LogP contribution in [0.2, 0.25) is 0 Å². The van der Waals surface area contributed by atoms with Crippen molar-refractivity contribution in [3.05, 3.63) is 52.8 Å². The van der Waals surface area contributed by atoms with E-state index in [4.69, 9.17) is 5.73 Å². The number of hydrogen-bond donors (Lipinski definition) is 1. The molecule has 1 aromatic heterocycles. The molecule has 1 aliphatic heterocycles. The predicted molar refractivity (Wildman–Crippen MR) is 90.3 cm³/mol. The molecule has 0 atom stereocenters. The maximum Gasteiger partial charge on any atom is 0.0738 e. The van der Waals surface area contributed by atoms with Gasteiger partial charge in [-0.2, -0.15) is 0 Å². The van der Waals surface area contributed by atoms with Gasteiger partial charge in [0.25, 0.3) is 0 Å². The molecule has 1 fully saturated rings. The first-order valence-electron chi connectivity index (χ1n) is 7.13. The number of rotatable bonds is 3. The van der Waals surface area contributed by atoms with E-state index < -0.39 is 0 Å². The van der Waals surface area contributed by atoms with Gasteiger partial charge in [-0.3, -0.25) is 9.88 Å². The molecule has 21 heavy (non-hydrogen) atoms. The molecular formula is C16H19BrN4. The maximum atomic E-state index is 6.00. The molecule has 0 bridgehead atoms. The summed E-state index contributed by atoms with van der Waals surface area (Å²) in [4.78, 5) is 8.88. The van der Waals surface area contributed by atoms with Gasteiger partial charge in [-0.05, 0) is 23.8 Å². The molecule has 0 amide bonds. The zero-order valence-electron chi connectivity index (χ0n) is 11.9. The Kier molecular flexibility index (Phi) is 4.41. The number of benzene rings is 1. The Morgan fingerprint density at radius 3 is 2.43 bits per heavy atom. The van der Waals surface area contributed by atoms with Crippen molar-refractivity contribution in [2.75, 3.05) is 36.8 Å². The molecule has 4 nitrogen and oxygen atoms in total. The first-order valence-corrected chi connectivity index (χ1v) is 7.93. The SMILES string of the molecule is Nc1cnccc1N1CCN(Cc2ccc(Br)cc2)CC1. The van der Waals surface area contributed by atoms with Gasteiger partial charge in [-0.25, -0.2) is 0 Å². The standard InChI is InChI=1S/C16H19BrN4/c17-14-3-1-13(2-4-14)12-20-7-9-21(10-8-20)16-5-6-19-11-15(16)18/h1-6,11H,7-10,12,18H2.